The third-order valence-corrected chi connectivity index (χ3v) is 5.79. The summed E-state index contributed by atoms with van der Waals surface area (Å²) in [5.74, 6) is -0.0185. The van der Waals surface area contributed by atoms with Gasteiger partial charge in [0.05, 0.1) is 18.1 Å². The Labute approximate surface area is 141 Å². The van der Waals surface area contributed by atoms with Gasteiger partial charge in [-0.1, -0.05) is 0 Å². The fraction of sp³-hybridized carbons (Fsp3) is 0.538. The second-order valence-electron chi connectivity index (χ2n) is 5.09. The Morgan fingerprint density at radius 3 is 2.48 bits per heavy atom. The van der Waals surface area contributed by atoms with Crippen LogP contribution in [0, 0.1) is 10.1 Å². The number of sulfonamides is 1. The molecule has 0 saturated carbocycles. The number of non-ortho nitro benzene ring substituents is 1. The summed E-state index contributed by atoms with van der Waals surface area (Å²) in [5.41, 5.74) is -0.208. The van der Waals surface area contributed by atoms with Crippen LogP contribution in [0.3, 0.4) is 0 Å². The number of hydrogen-bond acceptors (Lipinski definition) is 6. The molecule has 8 nitrogen and oxygen atoms in total. The quantitative estimate of drug-likeness (QED) is 0.625. The third kappa shape index (κ3) is 4.11. The normalized spacial score (nSPS) is 16.0. The lowest BCUT2D eigenvalue weighted by Crippen LogP contribution is -2.43. The molecule has 1 aliphatic heterocycles. The standard InChI is InChI=1S/C13H19N3O5S.ClH/c1-15(10-5-7-14-8-6-10)22(19,20)13-4-3-11(16(17)18)9-12(13)21-2;/h3-4,9-10,14H,5-8H2,1-2H3;1H. The minimum atomic E-state index is -3.77. The number of halogens is 1. The van der Waals surface area contributed by atoms with Gasteiger partial charge in [-0.2, -0.15) is 4.31 Å². The summed E-state index contributed by atoms with van der Waals surface area (Å²) in [4.78, 5) is 10.2. The molecular weight excluding hydrogens is 346 g/mol. The molecule has 0 atom stereocenters. The van der Waals surface area contributed by atoms with Gasteiger partial charge in [0.25, 0.3) is 5.69 Å². The third-order valence-electron chi connectivity index (χ3n) is 3.84. The molecule has 0 bridgehead atoms. The number of nitrogens with zero attached hydrogens (tertiary/aromatic N) is 2. The summed E-state index contributed by atoms with van der Waals surface area (Å²) in [6.07, 6.45) is 1.45. The van der Waals surface area contributed by atoms with E-state index >= 15 is 0 Å². The highest BCUT2D eigenvalue weighted by Gasteiger charge is 2.31. The molecular formula is C13H20ClN3O5S. The molecule has 0 unspecified atom stereocenters. The molecule has 10 heteroatoms. The van der Waals surface area contributed by atoms with Crippen LogP contribution >= 0.6 is 12.4 Å². The Balaban J connectivity index is 0.00000264. The molecule has 0 aromatic heterocycles. The molecule has 1 N–H and O–H groups in total. The number of hydrogen-bond donors (Lipinski definition) is 1. The van der Waals surface area contributed by atoms with Crippen LogP contribution in [0.15, 0.2) is 23.1 Å². The van der Waals surface area contributed by atoms with Crippen molar-refractivity contribution in [1.82, 2.24) is 9.62 Å². The fourth-order valence-corrected chi connectivity index (χ4v) is 4.05. The SMILES string of the molecule is COc1cc([N+](=O)[O-])ccc1S(=O)(=O)N(C)C1CCNCC1.Cl. The van der Waals surface area contributed by atoms with Crippen molar-refractivity contribution in [2.24, 2.45) is 0 Å². The monoisotopic (exact) mass is 365 g/mol. The number of ether oxygens (including phenoxy) is 1. The van der Waals surface area contributed by atoms with Gasteiger partial charge in [-0.3, -0.25) is 10.1 Å². The van der Waals surface area contributed by atoms with E-state index in [2.05, 4.69) is 5.32 Å². The van der Waals surface area contributed by atoms with Crippen LogP contribution in [0.5, 0.6) is 5.75 Å². The highest BCUT2D eigenvalue weighted by molar-refractivity contribution is 7.89. The Morgan fingerprint density at radius 2 is 1.96 bits per heavy atom. The number of rotatable bonds is 5. The van der Waals surface area contributed by atoms with Crippen LogP contribution in [-0.4, -0.2) is 50.9 Å². The lowest BCUT2D eigenvalue weighted by molar-refractivity contribution is -0.385. The number of nitro groups is 1. The van der Waals surface area contributed by atoms with E-state index in [0.717, 1.165) is 32.0 Å². The molecule has 1 aliphatic rings. The molecule has 1 aromatic rings. The number of nitro benzene ring substituents is 1. The maximum atomic E-state index is 12.7. The van der Waals surface area contributed by atoms with Gasteiger partial charge in [0.15, 0.2) is 0 Å². The van der Waals surface area contributed by atoms with E-state index in [1.54, 1.807) is 0 Å². The Hall–Kier alpha value is -1.42. The molecule has 1 saturated heterocycles. The first-order chi connectivity index (χ1) is 10.4. The molecule has 0 aliphatic carbocycles. The van der Waals surface area contributed by atoms with Gasteiger partial charge in [-0.05, 0) is 32.0 Å². The maximum absolute atomic E-state index is 12.7. The summed E-state index contributed by atoms with van der Waals surface area (Å²) in [6.45, 7) is 1.53. The zero-order chi connectivity index (χ0) is 16.3. The summed E-state index contributed by atoms with van der Waals surface area (Å²) < 4.78 is 31.9. The van der Waals surface area contributed by atoms with Gasteiger partial charge in [-0.25, -0.2) is 8.42 Å². The molecule has 2 rings (SSSR count). The largest absolute Gasteiger partial charge is 0.495 e. The van der Waals surface area contributed by atoms with E-state index in [0.29, 0.717) is 0 Å². The number of benzene rings is 1. The summed E-state index contributed by atoms with van der Waals surface area (Å²) in [5, 5.41) is 14.0. The van der Waals surface area contributed by atoms with Gasteiger partial charge in [-0.15, -0.1) is 12.4 Å². The highest BCUT2D eigenvalue weighted by atomic mass is 35.5. The van der Waals surface area contributed by atoms with Crippen molar-refractivity contribution in [3.63, 3.8) is 0 Å². The molecule has 0 radical (unpaired) electrons. The van der Waals surface area contributed by atoms with E-state index < -0.39 is 14.9 Å². The maximum Gasteiger partial charge on any atom is 0.273 e. The number of methoxy groups -OCH3 is 1. The van der Waals surface area contributed by atoms with E-state index in [9.17, 15) is 18.5 Å². The average Bonchev–Trinajstić information content (AvgIpc) is 2.54. The molecule has 1 heterocycles. The van der Waals surface area contributed by atoms with Gasteiger partial charge in [0.1, 0.15) is 10.6 Å². The fourth-order valence-electron chi connectivity index (χ4n) is 2.50. The second-order valence-corrected chi connectivity index (χ2v) is 7.06. The molecule has 130 valence electrons. The molecule has 0 spiro atoms. The first kappa shape index (κ1) is 19.6. The topological polar surface area (TPSA) is 102 Å². The Kier molecular flexibility index (Phi) is 6.75. The summed E-state index contributed by atoms with van der Waals surface area (Å²) in [7, 11) is -0.938. The van der Waals surface area contributed by atoms with Gasteiger partial charge >= 0.3 is 0 Å². The minimum absolute atomic E-state index is 0. The van der Waals surface area contributed by atoms with Crippen molar-refractivity contribution >= 4 is 28.1 Å². The number of piperidine rings is 1. The van der Waals surface area contributed by atoms with Crippen LogP contribution < -0.4 is 10.1 Å². The predicted octanol–water partition coefficient (Wildman–Crippen LogP) is 1.40. The van der Waals surface area contributed by atoms with Crippen LogP contribution in [-0.2, 0) is 10.0 Å². The van der Waals surface area contributed by atoms with Crippen molar-refractivity contribution in [2.45, 2.75) is 23.8 Å². The van der Waals surface area contributed by atoms with E-state index in [1.807, 2.05) is 0 Å². The molecule has 23 heavy (non-hydrogen) atoms. The van der Waals surface area contributed by atoms with Crippen LogP contribution in [0.1, 0.15) is 12.8 Å². The first-order valence-electron chi connectivity index (χ1n) is 6.89. The Bertz CT molecular complexity index is 662. The van der Waals surface area contributed by atoms with Crippen molar-refractivity contribution in [2.75, 3.05) is 27.2 Å². The van der Waals surface area contributed by atoms with Crippen LogP contribution in [0.4, 0.5) is 5.69 Å². The lowest BCUT2D eigenvalue weighted by Gasteiger charge is -2.31. The lowest BCUT2D eigenvalue weighted by atomic mass is 10.1. The predicted molar refractivity (Wildman–Crippen MR) is 87.7 cm³/mol. The number of nitrogens with one attached hydrogen (secondary N) is 1. The molecule has 1 fully saturated rings. The van der Waals surface area contributed by atoms with Crippen molar-refractivity contribution < 1.29 is 18.1 Å². The molecule has 1 aromatic carbocycles. The van der Waals surface area contributed by atoms with Gasteiger partial charge in [0.2, 0.25) is 10.0 Å². The average molecular weight is 366 g/mol. The van der Waals surface area contributed by atoms with Crippen molar-refractivity contribution in [3.05, 3.63) is 28.3 Å². The van der Waals surface area contributed by atoms with Gasteiger partial charge < -0.3 is 10.1 Å². The summed E-state index contributed by atoms with van der Waals surface area (Å²) in [6, 6.07) is 3.43. The minimum Gasteiger partial charge on any atom is -0.495 e. The highest BCUT2D eigenvalue weighted by Crippen LogP contribution is 2.31. The smallest absolute Gasteiger partial charge is 0.273 e. The van der Waals surface area contributed by atoms with Crippen LogP contribution in [0.2, 0.25) is 0 Å². The van der Waals surface area contributed by atoms with Gasteiger partial charge in [0, 0.05) is 19.2 Å². The summed E-state index contributed by atoms with van der Waals surface area (Å²) >= 11 is 0. The zero-order valence-corrected chi connectivity index (χ0v) is 14.5. The van der Waals surface area contributed by atoms with E-state index in [-0.39, 0.29) is 34.8 Å². The second kappa shape index (κ2) is 7.91. The molecule has 0 amide bonds. The van der Waals surface area contributed by atoms with Crippen molar-refractivity contribution in [3.8, 4) is 5.75 Å². The van der Waals surface area contributed by atoms with Crippen LogP contribution in [0.25, 0.3) is 0 Å². The van der Waals surface area contributed by atoms with Crippen molar-refractivity contribution in [1.29, 1.82) is 0 Å². The zero-order valence-electron chi connectivity index (χ0n) is 12.9. The first-order valence-corrected chi connectivity index (χ1v) is 8.33. The van der Waals surface area contributed by atoms with E-state index in [1.165, 1.54) is 30.6 Å². The Morgan fingerprint density at radius 1 is 1.35 bits per heavy atom. The van der Waals surface area contributed by atoms with E-state index in [4.69, 9.17) is 4.74 Å².